The van der Waals surface area contributed by atoms with E-state index in [0.717, 1.165) is 18.7 Å². The number of amides is 2. The predicted octanol–water partition coefficient (Wildman–Crippen LogP) is 1.90. The van der Waals surface area contributed by atoms with E-state index in [0.29, 0.717) is 31.9 Å². The summed E-state index contributed by atoms with van der Waals surface area (Å²) in [4.78, 5) is 33.9. The second-order valence-corrected chi connectivity index (χ2v) is 7.99. The lowest BCUT2D eigenvalue weighted by Gasteiger charge is -2.37. The van der Waals surface area contributed by atoms with Crippen molar-refractivity contribution >= 4 is 11.8 Å². The molecule has 154 valence electrons. The minimum absolute atomic E-state index is 0.00290. The fourth-order valence-corrected chi connectivity index (χ4v) is 4.25. The van der Waals surface area contributed by atoms with Crippen LogP contribution < -0.4 is 5.32 Å². The standard InChI is InChI=1S/C22H29N5O2/c28-21(17-25-10-3-1-2-4-11-25)24-14-19-16-26-12-6-8-20(26)22(29)27(19)15-18-7-5-9-23-13-18/h5-9,12-13,19H,1-4,10-11,14-17H2,(H,24,28). The zero-order chi connectivity index (χ0) is 20.1. The quantitative estimate of drug-likeness (QED) is 0.811. The summed E-state index contributed by atoms with van der Waals surface area (Å²) in [5, 5.41) is 3.08. The first-order valence-corrected chi connectivity index (χ1v) is 10.5. The molecule has 29 heavy (non-hydrogen) atoms. The number of fused-ring (bicyclic) bond motifs is 1. The molecule has 1 atom stereocenters. The van der Waals surface area contributed by atoms with E-state index in [9.17, 15) is 9.59 Å². The van der Waals surface area contributed by atoms with Gasteiger partial charge in [0, 0.05) is 38.2 Å². The molecule has 2 amide bonds. The van der Waals surface area contributed by atoms with Gasteiger partial charge in [0.1, 0.15) is 5.69 Å². The van der Waals surface area contributed by atoms with Gasteiger partial charge in [-0.25, -0.2) is 0 Å². The maximum Gasteiger partial charge on any atom is 0.271 e. The van der Waals surface area contributed by atoms with E-state index in [1.54, 1.807) is 12.4 Å². The summed E-state index contributed by atoms with van der Waals surface area (Å²) in [5.74, 6) is 0.0378. The molecule has 0 aliphatic carbocycles. The summed E-state index contributed by atoms with van der Waals surface area (Å²) in [6.45, 7) is 4.06. The molecule has 0 radical (unpaired) electrons. The van der Waals surface area contributed by atoms with E-state index in [-0.39, 0.29) is 17.9 Å². The lowest BCUT2D eigenvalue weighted by molar-refractivity contribution is -0.122. The molecule has 0 saturated carbocycles. The van der Waals surface area contributed by atoms with Crippen molar-refractivity contribution in [3.05, 3.63) is 54.1 Å². The van der Waals surface area contributed by atoms with Crippen LogP contribution in [0.2, 0.25) is 0 Å². The summed E-state index contributed by atoms with van der Waals surface area (Å²) in [6.07, 6.45) is 10.3. The lowest BCUT2D eigenvalue weighted by Crippen LogP contribution is -2.53. The number of carbonyl (C=O) groups excluding carboxylic acids is 2. The molecule has 2 aliphatic heterocycles. The summed E-state index contributed by atoms with van der Waals surface area (Å²) in [6, 6.07) is 7.52. The number of nitrogens with zero attached hydrogens (tertiary/aromatic N) is 4. The lowest BCUT2D eigenvalue weighted by atomic mass is 10.1. The number of aromatic nitrogens is 2. The zero-order valence-electron chi connectivity index (χ0n) is 16.8. The maximum absolute atomic E-state index is 13.1. The molecule has 2 aliphatic rings. The Morgan fingerprint density at radius 3 is 2.72 bits per heavy atom. The predicted molar refractivity (Wildman–Crippen MR) is 110 cm³/mol. The number of rotatable bonds is 6. The number of pyridine rings is 1. The molecule has 0 spiro atoms. The van der Waals surface area contributed by atoms with E-state index in [2.05, 4.69) is 15.2 Å². The molecule has 1 unspecified atom stereocenters. The Kier molecular flexibility index (Phi) is 6.24. The van der Waals surface area contributed by atoms with Gasteiger partial charge in [-0.3, -0.25) is 19.5 Å². The van der Waals surface area contributed by atoms with Gasteiger partial charge in [0.15, 0.2) is 0 Å². The van der Waals surface area contributed by atoms with Crippen LogP contribution in [-0.4, -0.2) is 63.4 Å². The van der Waals surface area contributed by atoms with Crippen LogP contribution in [0.1, 0.15) is 41.7 Å². The van der Waals surface area contributed by atoms with Crippen molar-refractivity contribution in [3.63, 3.8) is 0 Å². The van der Waals surface area contributed by atoms with Crippen LogP contribution in [0.4, 0.5) is 0 Å². The summed E-state index contributed by atoms with van der Waals surface area (Å²) in [5.41, 5.74) is 1.68. The van der Waals surface area contributed by atoms with E-state index in [4.69, 9.17) is 0 Å². The van der Waals surface area contributed by atoms with Crippen molar-refractivity contribution in [2.24, 2.45) is 0 Å². The van der Waals surface area contributed by atoms with Gasteiger partial charge < -0.3 is 14.8 Å². The van der Waals surface area contributed by atoms with Crippen LogP contribution in [0.5, 0.6) is 0 Å². The number of carbonyl (C=O) groups is 2. The van der Waals surface area contributed by atoms with Crippen molar-refractivity contribution < 1.29 is 9.59 Å². The minimum atomic E-state index is -0.0873. The molecule has 2 aromatic heterocycles. The Bertz CT molecular complexity index is 827. The van der Waals surface area contributed by atoms with E-state index >= 15 is 0 Å². The first-order valence-electron chi connectivity index (χ1n) is 10.5. The van der Waals surface area contributed by atoms with E-state index in [1.165, 1.54) is 25.7 Å². The SMILES string of the molecule is O=C(CN1CCCCCC1)NCC1Cn2cccc2C(=O)N1Cc1cccnc1. The number of hydrogen-bond acceptors (Lipinski definition) is 4. The number of nitrogens with one attached hydrogen (secondary N) is 1. The van der Waals surface area contributed by atoms with E-state index < -0.39 is 0 Å². The first kappa shape index (κ1) is 19.6. The molecule has 7 heteroatoms. The van der Waals surface area contributed by atoms with Crippen LogP contribution in [0.25, 0.3) is 0 Å². The third-order valence-corrected chi connectivity index (χ3v) is 5.83. The molecule has 4 rings (SSSR count). The van der Waals surface area contributed by atoms with Gasteiger partial charge in [0.05, 0.1) is 12.6 Å². The fraction of sp³-hybridized carbons (Fsp3) is 0.500. The Hall–Kier alpha value is -2.67. The largest absolute Gasteiger partial charge is 0.353 e. The third-order valence-electron chi connectivity index (χ3n) is 5.83. The van der Waals surface area contributed by atoms with Gasteiger partial charge in [0.2, 0.25) is 5.91 Å². The average molecular weight is 396 g/mol. The molecular formula is C22H29N5O2. The van der Waals surface area contributed by atoms with Crippen LogP contribution in [0, 0.1) is 0 Å². The van der Waals surface area contributed by atoms with Crippen molar-refractivity contribution in [1.29, 1.82) is 0 Å². The summed E-state index contributed by atoms with van der Waals surface area (Å²) < 4.78 is 1.98. The minimum Gasteiger partial charge on any atom is -0.353 e. The average Bonchev–Trinajstić information content (AvgIpc) is 3.06. The van der Waals surface area contributed by atoms with E-state index in [1.807, 2.05) is 39.9 Å². The highest BCUT2D eigenvalue weighted by atomic mass is 16.2. The van der Waals surface area contributed by atoms with Crippen LogP contribution in [0.15, 0.2) is 42.9 Å². The highest BCUT2D eigenvalue weighted by Gasteiger charge is 2.32. The molecule has 2 aromatic rings. The van der Waals surface area contributed by atoms with Crippen molar-refractivity contribution in [1.82, 2.24) is 24.7 Å². The second-order valence-electron chi connectivity index (χ2n) is 7.99. The topological polar surface area (TPSA) is 70.5 Å². The summed E-state index contributed by atoms with van der Waals surface area (Å²) >= 11 is 0. The molecule has 1 saturated heterocycles. The normalized spacial score (nSPS) is 20.2. The maximum atomic E-state index is 13.1. The van der Waals surface area contributed by atoms with Gasteiger partial charge in [-0.05, 0) is 49.7 Å². The molecule has 7 nitrogen and oxygen atoms in total. The van der Waals surface area contributed by atoms with Gasteiger partial charge in [-0.15, -0.1) is 0 Å². The third kappa shape index (κ3) is 4.85. The molecule has 0 bridgehead atoms. The van der Waals surface area contributed by atoms with Gasteiger partial charge in [0.25, 0.3) is 5.91 Å². The number of hydrogen-bond donors (Lipinski definition) is 1. The van der Waals surface area contributed by atoms with Crippen molar-refractivity contribution in [3.8, 4) is 0 Å². The first-order chi connectivity index (χ1) is 14.2. The smallest absolute Gasteiger partial charge is 0.271 e. The van der Waals surface area contributed by atoms with Gasteiger partial charge >= 0.3 is 0 Å². The Morgan fingerprint density at radius 1 is 1.14 bits per heavy atom. The van der Waals surface area contributed by atoms with Gasteiger partial charge in [-0.2, -0.15) is 0 Å². The molecule has 1 N–H and O–H groups in total. The Morgan fingerprint density at radius 2 is 1.97 bits per heavy atom. The highest BCUT2D eigenvalue weighted by molar-refractivity contribution is 5.93. The van der Waals surface area contributed by atoms with Crippen molar-refractivity contribution in [2.75, 3.05) is 26.2 Å². The number of likely N-dealkylation sites (tertiary alicyclic amines) is 1. The molecule has 4 heterocycles. The molecule has 1 fully saturated rings. The fourth-order valence-electron chi connectivity index (χ4n) is 4.25. The Labute approximate surface area is 171 Å². The highest BCUT2D eigenvalue weighted by Crippen LogP contribution is 2.20. The monoisotopic (exact) mass is 395 g/mol. The summed E-state index contributed by atoms with van der Waals surface area (Å²) in [7, 11) is 0. The van der Waals surface area contributed by atoms with Crippen LogP contribution in [-0.2, 0) is 17.9 Å². The van der Waals surface area contributed by atoms with Crippen LogP contribution >= 0.6 is 0 Å². The van der Waals surface area contributed by atoms with Crippen molar-refractivity contribution in [2.45, 2.75) is 44.8 Å². The van der Waals surface area contributed by atoms with Gasteiger partial charge in [-0.1, -0.05) is 18.9 Å². The Balaban J connectivity index is 1.40. The molecule has 0 aromatic carbocycles. The van der Waals surface area contributed by atoms with Crippen LogP contribution in [0.3, 0.4) is 0 Å². The zero-order valence-corrected chi connectivity index (χ0v) is 16.8. The second kappa shape index (κ2) is 9.22. The molecular weight excluding hydrogens is 366 g/mol.